The molecule has 1 aromatic heterocycles. The van der Waals surface area contributed by atoms with Gasteiger partial charge in [-0.15, -0.1) is 0 Å². The summed E-state index contributed by atoms with van der Waals surface area (Å²) in [5.74, 6) is -0.876. The zero-order valence-electron chi connectivity index (χ0n) is 10.3. The van der Waals surface area contributed by atoms with Gasteiger partial charge in [0.2, 0.25) is 0 Å². The Morgan fingerprint density at radius 3 is 2.12 bits per heavy atom. The lowest BCUT2D eigenvalue weighted by molar-refractivity contribution is -0.136. The Labute approximate surface area is 100 Å². The quantitative estimate of drug-likeness (QED) is 0.847. The molecule has 0 aliphatic heterocycles. The van der Waals surface area contributed by atoms with E-state index in [4.69, 9.17) is 14.6 Å². The second-order valence-electron chi connectivity index (χ2n) is 3.50. The Morgan fingerprint density at radius 1 is 1.29 bits per heavy atom. The number of aryl methyl sites for hydroxylation is 1. The highest BCUT2D eigenvalue weighted by Crippen LogP contribution is 2.17. The third-order valence-electron chi connectivity index (χ3n) is 2.15. The fourth-order valence-corrected chi connectivity index (χ4v) is 1.14. The van der Waals surface area contributed by atoms with Crippen molar-refractivity contribution < 1.29 is 24.2 Å². The van der Waals surface area contributed by atoms with Gasteiger partial charge >= 0.3 is 11.9 Å². The lowest BCUT2D eigenvalue weighted by Gasteiger charge is -1.93. The van der Waals surface area contributed by atoms with Gasteiger partial charge in [-0.25, -0.2) is 4.79 Å². The molecule has 0 bridgehead atoms. The van der Waals surface area contributed by atoms with Crippen LogP contribution in [0.5, 0.6) is 0 Å². The second kappa shape index (κ2) is 7.49. The third-order valence-corrected chi connectivity index (χ3v) is 2.15. The van der Waals surface area contributed by atoms with E-state index in [0.717, 1.165) is 24.2 Å². The van der Waals surface area contributed by atoms with E-state index >= 15 is 0 Å². The molecule has 96 valence electrons. The molecule has 5 heteroatoms. The maximum atomic E-state index is 10.6. The number of aliphatic carboxylic acids is 1. The summed E-state index contributed by atoms with van der Waals surface area (Å²) < 4.78 is 5.12. The summed E-state index contributed by atoms with van der Waals surface area (Å²) in [6.45, 7) is 5.41. The zero-order valence-corrected chi connectivity index (χ0v) is 10.3. The van der Waals surface area contributed by atoms with Crippen molar-refractivity contribution in [2.45, 2.75) is 40.0 Å². The van der Waals surface area contributed by atoms with Crippen molar-refractivity contribution in [3.63, 3.8) is 0 Å². The summed E-state index contributed by atoms with van der Waals surface area (Å²) >= 11 is 0. The molecule has 0 aromatic carbocycles. The van der Waals surface area contributed by atoms with Crippen molar-refractivity contribution in [2.75, 3.05) is 0 Å². The van der Waals surface area contributed by atoms with Gasteiger partial charge in [0.1, 0.15) is 17.6 Å². The van der Waals surface area contributed by atoms with Crippen molar-refractivity contribution >= 4 is 11.9 Å². The first-order valence-electron chi connectivity index (χ1n) is 5.46. The van der Waals surface area contributed by atoms with Crippen LogP contribution in [0.15, 0.2) is 10.7 Å². The van der Waals surface area contributed by atoms with Gasteiger partial charge in [0.15, 0.2) is 0 Å². The minimum atomic E-state index is -0.918. The molecule has 0 spiro atoms. The van der Waals surface area contributed by atoms with Crippen LogP contribution in [0.4, 0.5) is 0 Å². The van der Waals surface area contributed by atoms with Crippen LogP contribution in [-0.4, -0.2) is 22.2 Å². The van der Waals surface area contributed by atoms with E-state index in [0.29, 0.717) is 0 Å². The van der Waals surface area contributed by atoms with Gasteiger partial charge in [-0.1, -0.05) is 13.8 Å². The molecule has 0 saturated heterocycles. The first-order chi connectivity index (χ1) is 7.93. The number of carboxylic acids is 2. The van der Waals surface area contributed by atoms with Gasteiger partial charge in [0, 0.05) is 18.4 Å². The molecule has 1 aromatic rings. The molecule has 0 radical (unpaired) electrons. The number of furan rings is 1. The van der Waals surface area contributed by atoms with E-state index in [9.17, 15) is 9.59 Å². The molecule has 2 N–H and O–H groups in total. The Kier molecular flexibility index (Phi) is 6.70. The largest absolute Gasteiger partial charge is 0.481 e. The van der Waals surface area contributed by atoms with Crippen molar-refractivity contribution in [3.8, 4) is 0 Å². The van der Waals surface area contributed by atoms with Crippen molar-refractivity contribution in [1.82, 2.24) is 0 Å². The predicted octanol–water partition coefficient (Wildman–Crippen LogP) is 2.72. The smallest absolute Gasteiger partial charge is 0.339 e. The molecule has 1 rings (SSSR count). The highest BCUT2D eigenvalue weighted by Gasteiger charge is 2.13. The molecule has 0 aliphatic carbocycles. The highest BCUT2D eigenvalue weighted by atomic mass is 16.4. The van der Waals surface area contributed by atoms with E-state index in [1.165, 1.54) is 6.26 Å². The minimum Gasteiger partial charge on any atom is -0.481 e. The number of carboxylic acid groups (broad SMARTS) is 2. The van der Waals surface area contributed by atoms with Gasteiger partial charge in [-0.2, -0.15) is 0 Å². The van der Waals surface area contributed by atoms with Crippen LogP contribution in [0.25, 0.3) is 0 Å². The average Bonchev–Trinajstić information content (AvgIpc) is 2.62. The molecule has 0 fully saturated rings. The van der Waals surface area contributed by atoms with Crippen LogP contribution >= 0.6 is 0 Å². The molecule has 0 saturated carbocycles. The van der Waals surface area contributed by atoms with Crippen LogP contribution in [0.2, 0.25) is 0 Å². The molecule has 0 amide bonds. The zero-order chi connectivity index (χ0) is 13.4. The van der Waals surface area contributed by atoms with E-state index in [1.54, 1.807) is 13.8 Å². The summed E-state index contributed by atoms with van der Waals surface area (Å²) in [6.07, 6.45) is 3.30. The molecular formula is C12H18O5. The summed E-state index contributed by atoms with van der Waals surface area (Å²) in [7, 11) is 0. The van der Waals surface area contributed by atoms with Gasteiger partial charge in [-0.05, 0) is 13.3 Å². The second-order valence-corrected chi connectivity index (χ2v) is 3.50. The van der Waals surface area contributed by atoms with Crippen molar-refractivity contribution in [2.24, 2.45) is 0 Å². The number of hydrogen-bond donors (Lipinski definition) is 2. The van der Waals surface area contributed by atoms with Crippen LogP contribution in [-0.2, 0) is 11.2 Å². The topological polar surface area (TPSA) is 87.7 Å². The van der Waals surface area contributed by atoms with E-state index < -0.39 is 11.9 Å². The van der Waals surface area contributed by atoms with Gasteiger partial charge in [0.05, 0.1) is 0 Å². The minimum absolute atomic E-state index is 0.222. The highest BCUT2D eigenvalue weighted by molar-refractivity contribution is 5.89. The summed E-state index contributed by atoms with van der Waals surface area (Å²) in [5.41, 5.74) is 1.03. The molecule has 5 nitrogen and oxygen atoms in total. The molecule has 0 unspecified atom stereocenters. The average molecular weight is 242 g/mol. The van der Waals surface area contributed by atoms with Crippen LogP contribution in [0.1, 0.15) is 48.4 Å². The van der Waals surface area contributed by atoms with Crippen molar-refractivity contribution in [1.29, 1.82) is 0 Å². The lowest BCUT2D eigenvalue weighted by Crippen LogP contribution is -1.96. The Bertz CT molecular complexity index is 378. The van der Waals surface area contributed by atoms with E-state index in [-0.39, 0.29) is 12.0 Å². The monoisotopic (exact) mass is 242 g/mol. The number of rotatable bonds is 4. The SMILES string of the molecule is CCC(=O)O.CCCc1occ(C(=O)O)c1C. The maximum Gasteiger partial charge on any atom is 0.339 e. The Hall–Kier alpha value is -1.78. The molecular weight excluding hydrogens is 224 g/mol. The van der Waals surface area contributed by atoms with Crippen LogP contribution in [0, 0.1) is 6.92 Å². The van der Waals surface area contributed by atoms with Gasteiger partial charge < -0.3 is 14.6 Å². The lowest BCUT2D eigenvalue weighted by atomic mass is 10.1. The van der Waals surface area contributed by atoms with E-state index in [2.05, 4.69) is 0 Å². The normalized spacial score (nSPS) is 9.35. The summed E-state index contributed by atoms with van der Waals surface area (Å²) in [6, 6.07) is 0. The van der Waals surface area contributed by atoms with Crippen LogP contribution in [0.3, 0.4) is 0 Å². The molecule has 0 aliphatic rings. The molecule has 0 atom stereocenters. The number of carbonyl (C=O) groups is 2. The van der Waals surface area contributed by atoms with Crippen molar-refractivity contribution in [3.05, 3.63) is 23.2 Å². The predicted molar refractivity (Wildman–Crippen MR) is 62.3 cm³/mol. The van der Waals surface area contributed by atoms with E-state index in [1.807, 2.05) is 6.92 Å². The first-order valence-corrected chi connectivity index (χ1v) is 5.46. The standard InChI is InChI=1S/C9H12O3.C3H6O2/c1-3-4-8-6(2)7(5-12-8)9(10)11;1-2-3(4)5/h5H,3-4H2,1-2H3,(H,10,11);2H2,1H3,(H,4,5). The summed E-state index contributed by atoms with van der Waals surface area (Å²) in [4.78, 5) is 19.9. The van der Waals surface area contributed by atoms with Gasteiger partial charge in [0.25, 0.3) is 0 Å². The Balaban J connectivity index is 0.000000437. The molecule has 17 heavy (non-hydrogen) atoms. The fourth-order valence-electron chi connectivity index (χ4n) is 1.14. The first kappa shape index (κ1) is 15.2. The fraction of sp³-hybridized carbons (Fsp3) is 0.500. The number of aromatic carboxylic acids is 1. The van der Waals surface area contributed by atoms with Crippen LogP contribution < -0.4 is 0 Å². The Morgan fingerprint density at radius 2 is 1.82 bits per heavy atom. The molecule has 1 heterocycles. The summed E-state index contributed by atoms with van der Waals surface area (Å²) in [5, 5.41) is 16.4. The maximum absolute atomic E-state index is 10.6. The third kappa shape index (κ3) is 5.19. The number of hydrogen-bond acceptors (Lipinski definition) is 3. The van der Waals surface area contributed by atoms with Gasteiger partial charge in [-0.3, -0.25) is 4.79 Å².